The zero-order valence-corrected chi connectivity index (χ0v) is 15.1. The molecule has 0 spiro atoms. The first-order valence-corrected chi connectivity index (χ1v) is 9.57. The highest BCUT2D eigenvalue weighted by molar-refractivity contribution is 6.01. The van der Waals surface area contributed by atoms with Gasteiger partial charge < -0.3 is 10.2 Å². The number of Topliss-reactive ketones (excluding diaryl/α,β-unsaturated/α-hetero) is 1. The molecule has 0 aromatic carbocycles. The molecule has 2 N–H and O–H groups in total. The minimum atomic E-state index is -1.38. The molecule has 25 heavy (non-hydrogen) atoms. The molecule has 0 aromatic rings. The summed E-state index contributed by atoms with van der Waals surface area (Å²) in [7, 11) is 0. The van der Waals surface area contributed by atoms with Gasteiger partial charge in [0.1, 0.15) is 12.2 Å². The Labute approximate surface area is 149 Å². The van der Waals surface area contributed by atoms with Gasteiger partial charge in [-0.15, -0.1) is 0 Å². The van der Waals surface area contributed by atoms with Crippen molar-refractivity contribution in [1.82, 2.24) is 0 Å². The average molecular weight is 344 g/mol. The van der Waals surface area contributed by atoms with Gasteiger partial charge in [0, 0.05) is 10.8 Å². The van der Waals surface area contributed by atoms with Gasteiger partial charge >= 0.3 is 0 Å². The summed E-state index contributed by atoms with van der Waals surface area (Å²) in [6.07, 6.45) is 10.6. The van der Waals surface area contributed by atoms with Crippen LogP contribution in [0, 0.1) is 28.6 Å². The monoisotopic (exact) mass is 344 g/mol. The second-order valence-corrected chi connectivity index (χ2v) is 9.04. The Morgan fingerprint density at radius 3 is 2.64 bits per heavy atom. The largest absolute Gasteiger partial charge is 0.388 e. The standard InChI is InChI=1S/C21H28O4/c1-19-8-5-14(23)11-13(19)3-4-15-16(19)6-9-20(2)17(15)7-10-21(20,25)18(24)12-22/h5,8,11,15-17,22,25H,3-4,6-7,9-10,12H2,1-2H3/t15-,16+,17+,19+,20+,21+/m1/s1. The summed E-state index contributed by atoms with van der Waals surface area (Å²) in [6.45, 7) is 3.73. The van der Waals surface area contributed by atoms with Crippen LogP contribution < -0.4 is 0 Å². The van der Waals surface area contributed by atoms with Crippen molar-refractivity contribution in [2.24, 2.45) is 28.6 Å². The van der Waals surface area contributed by atoms with Crippen LogP contribution in [0.4, 0.5) is 0 Å². The van der Waals surface area contributed by atoms with E-state index in [4.69, 9.17) is 0 Å². The Morgan fingerprint density at radius 1 is 1.20 bits per heavy atom. The van der Waals surface area contributed by atoms with Crippen LogP contribution in [0.1, 0.15) is 52.4 Å². The maximum Gasteiger partial charge on any atom is 0.190 e. The van der Waals surface area contributed by atoms with Crippen molar-refractivity contribution in [2.75, 3.05) is 6.61 Å². The maximum absolute atomic E-state index is 12.3. The quantitative estimate of drug-likeness (QED) is 0.807. The highest BCUT2D eigenvalue weighted by Gasteiger charge is 2.65. The van der Waals surface area contributed by atoms with Gasteiger partial charge in [0.05, 0.1) is 0 Å². The number of aliphatic hydroxyl groups excluding tert-OH is 1. The fourth-order valence-electron chi connectivity index (χ4n) is 6.80. The molecular formula is C21H28O4. The Balaban J connectivity index is 1.69. The number of ketones is 2. The molecule has 0 bridgehead atoms. The van der Waals surface area contributed by atoms with Crippen molar-refractivity contribution in [3.63, 3.8) is 0 Å². The lowest BCUT2D eigenvalue weighted by molar-refractivity contribution is -0.163. The molecule has 0 radical (unpaired) electrons. The summed E-state index contributed by atoms with van der Waals surface area (Å²) >= 11 is 0. The van der Waals surface area contributed by atoms with Gasteiger partial charge in [-0.3, -0.25) is 9.59 Å². The third-order valence-electron chi connectivity index (χ3n) is 8.31. The van der Waals surface area contributed by atoms with E-state index in [2.05, 4.69) is 19.9 Å². The van der Waals surface area contributed by atoms with E-state index in [0.717, 1.165) is 32.1 Å². The molecule has 0 aliphatic heterocycles. The van der Waals surface area contributed by atoms with Crippen LogP contribution in [-0.2, 0) is 9.59 Å². The van der Waals surface area contributed by atoms with E-state index >= 15 is 0 Å². The molecule has 0 saturated heterocycles. The first-order valence-electron chi connectivity index (χ1n) is 9.57. The van der Waals surface area contributed by atoms with Crippen molar-refractivity contribution in [1.29, 1.82) is 0 Å². The molecule has 0 unspecified atom stereocenters. The number of hydrogen-bond donors (Lipinski definition) is 2. The van der Waals surface area contributed by atoms with E-state index in [1.165, 1.54) is 5.57 Å². The molecule has 3 saturated carbocycles. The van der Waals surface area contributed by atoms with Gasteiger partial charge in [-0.05, 0) is 68.4 Å². The van der Waals surface area contributed by atoms with Crippen LogP contribution >= 0.6 is 0 Å². The van der Waals surface area contributed by atoms with Crippen molar-refractivity contribution in [3.8, 4) is 0 Å². The van der Waals surface area contributed by atoms with Crippen LogP contribution in [0.15, 0.2) is 23.8 Å². The van der Waals surface area contributed by atoms with E-state index in [1.54, 1.807) is 6.08 Å². The molecule has 6 atom stereocenters. The van der Waals surface area contributed by atoms with Gasteiger partial charge in [0.2, 0.25) is 0 Å². The molecule has 136 valence electrons. The molecule has 4 nitrogen and oxygen atoms in total. The second kappa shape index (κ2) is 5.37. The van der Waals surface area contributed by atoms with Crippen LogP contribution in [-0.4, -0.2) is 34.0 Å². The molecule has 4 heteroatoms. The van der Waals surface area contributed by atoms with Crippen LogP contribution in [0.3, 0.4) is 0 Å². The van der Waals surface area contributed by atoms with E-state index in [1.807, 2.05) is 6.08 Å². The number of carbonyl (C=O) groups is 2. The van der Waals surface area contributed by atoms with E-state index in [9.17, 15) is 19.8 Å². The summed E-state index contributed by atoms with van der Waals surface area (Å²) in [5.74, 6) is 0.897. The number of fused-ring (bicyclic) bond motifs is 5. The molecule has 0 amide bonds. The topological polar surface area (TPSA) is 74.6 Å². The minimum Gasteiger partial charge on any atom is -0.388 e. The van der Waals surface area contributed by atoms with Gasteiger partial charge in [-0.25, -0.2) is 0 Å². The average Bonchev–Trinajstić information content (AvgIpc) is 2.87. The Bertz CT molecular complexity index is 692. The summed E-state index contributed by atoms with van der Waals surface area (Å²) in [4.78, 5) is 24.1. The number of rotatable bonds is 2. The Hall–Kier alpha value is -1.26. The SMILES string of the molecule is C[C@]12C=CC(=O)C=C1CC[C@@H]1[C@@H]2CC[C@@]2(C)[C@H]1CC[C@]2(O)C(=O)CO. The number of aliphatic hydroxyl groups is 2. The van der Waals surface area contributed by atoms with E-state index in [0.29, 0.717) is 24.2 Å². The minimum absolute atomic E-state index is 0.0696. The number of carbonyl (C=O) groups excluding carboxylic acids is 2. The molecule has 4 aliphatic carbocycles. The maximum atomic E-state index is 12.3. The van der Waals surface area contributed by atoms with Crippen molar-refractivity contribution >= 4 is 11.6 Å². The van der Waals surface area contributed by atoms with Crippen LogP contribution in [0.2, 0.25) is 0 Å². The molecule has 4 rings (SSSR count). The Morgan fingerprint density at radius 2 is 1.92 bits per heavy atom. The lowest BCUT2D eigenvalue weighted by atomic mass is 9.47. The van der Waals surface area contributed by atoms with Gasteiger partial charge in [-0.2, -0.15) is 0 Å². The third kappa shape index (κ3) is 2.07. The first-order chi connectivity index (χ1) is 11.8. The molecular weight excluding hydrogens is 316 g/mol. The number of allylic oxidation sites excluding steroid dienone is 4. The molecule has 0 heterocycles. The van der Waals surface area contributed by atoms with E-state index < -0.39 is 23.4 Å². The summed E-state index contributed by atoms with van der Waals surface area (Å²) in [5, 5.41) is 20.5. The zero-order valence-electron chi connectivity index (χ0n) is 15.1. The third-order valence-corrected chi connectivity index (χ3v) is 8.31. The summed E-state index contributed by atoms with van der Waals surface area (Å²) < 4.78 is 0. The molecule has 0 aromatic heterocycles. The van der Waals surface area contributed by atoms with E-state index in [-0.39, 0.29) is 11.2 Å². The van der Waals surface area contributed by atoms with Crippen LogP contribution in [0.25, 0.3) is 0 Å². The first kappa shape index (κ1) is 17.2. The van der Waals surface area contributed by atoms with Crippen LogP contribution in [0.5, 0.6) is 0 Å². The Kier molecular flexibility index (Phi) is 3.69. The summed E-state index contributed by atoms with van der Waals surface area (Å²) in [6, 6.07) is 0. The summed E-state index contributed by atoms with van der Waals surface area (Å²) in [5.41, 5.74) is -0.642. The van der Waals surface area contributed by atoms with Gasteiger partial charge in [-0.1, -0.05) is 25.5 Å². The van der Waals surface area contributed by atoms with Crippen molar-refractivity contribution < 1.29 is 19.8 Å². The highest BCUT2D eigenvalue weighted by Crippen LogP contribution is 2.67. The zero-order chi connectivity index (χ0) is 18.0. The van der Waals surface area contributed by atoms with Crippen molar-refractivity contribution in [2.45, 2.75) is 58.0 Å². The predicted octanol–water partition coefficient (Wildman–Crippen LogP) is 2.59. The van der Waals surface area contributed by atoms with Gasteiger partial charge in [0.25, 0.3) is 0 Å². The highest BCUT2D eigenvalue weighted by atomic mass is 16.3. The number of hydrogen-bond acceptors (Lipinski definition) is 4. The van der Waals surface area contributed by atoms with Crippen molar-refractivity contribution in [3.05, 3.63) is 23.8 Å². The normalized spacial score (nSPS) is 48.4. The fraction of sp³-hybridized carbons (Fsp3) is 0.714. The second-order valence-electron chi connectivity index (χ2n) is 9.04. The lowest BCUT2D eigenvalue weighted by Crippen LogP contribution is -2.57. The lowest BCUT2D eigenvalue weighted by Gasteiger charge is -2.57. The molecule has 3 fully saturated rings. The van der Waals surface area contributed by atoms with Gasteiger partial charge in [0.15, 0.2) is 11.6 Å². The predicted molar refractivity (Wildman–Crippen MR) is 93.7 cm³/mol. The molecule has 4 aliphatic rings. The smallest absolute Gasteiger partial charge is 0.190 e. The fourth-order valence-corrected chi connectivity index (χ4v) is 6.80.